The Morgan fingerprint density at radius 1 is 1.29 bits per heavy atom. The van der Waals surface area contributed by atoms with Crippen molar-refractivity contribution in [3.05, 3.63) is 28.8 Å². The highest BCUT2D eigenvalue weighted by atomic mass is 16.5. The SMILES string of the molecule is CCOc1cc(C)c(C)cc1[C@H]1C[C@H](C)CN1. The lowest BCUT2D eigenvalue weighted by Crippen LogP contribution is -2.15. The highest BCUT2D eigenvalue weighted by Gasteiger charge is 2.25. The van der Waals surface area contributed by atoms with Gasteiger partial charge < -0.3 is 10.1 Å². The molecule has 2 nitrogen and oxygen atoms in total. The molecule has 0 aromatic heterocycles. The number of hydrogen-bond donors (Lipinski definition) is 1. The van der Waals surface area contributed by atoms with Gasteiger partial charge in [-0.1, -0.05) is 13.0 Å². The van der Waals surface area contributed by atoms with Crippen LogP contribution >= 0.6 is 0 Å². The summed E-state index contributed by atoms with van der Waals surface area (Å²) in [6.07, 6.45) is 1.21. The largest absolute Gasteiger partial charge is 0.494 e. The van der Waals surface area contributed by atoms with Gasteiger partial charge in [0.25, 0.3) is 0 Å². The number of aryl methyl sites for hydroxylation is 2. The molecule has 0 spiro atoms. The van der Waals surface area contributed by atoms with Crippen LogP contribution in [-0.2, 0) is 0 Å². The smallest absolute Gasteiger partial charge is 0.124 e. The molecule has 0 aliphatic carbocycles. The van der Waals surface area contributed by atoms with Gasteiger partial charge in [0.2, 0.25) is 0 Å². The zero-order valence-electron chi connectivity index (χ0n) is 11.3. The summed E-state index contributed by atoms with van der Waals surface area (Å²) in [5, 5.41) is 3.59. The summed E-state index contributed by atoms with van der Waals surface area (Å²) in [5.41, 5.74) is 3.99. The Balaban J connectivity index is 2.33. The summed E-state index contributed by atoms with van der Waals surface area (Å²) < 4.78 is 5.78. The lowest BCUT2D eigenvalue weighted by Gasteiger charge is -2.18. The summed E-state index contributed by atoms with van der Waals surface area (Å²) in [6.45, 7) is 10.5. The van der Waals surface area contributed by atoms with E-state index in [-0.39, 0.29) is 0 Å². The first-order valence-corrected chi connectivity index (χ1v) is 6.59. The molecule has 0 bridgehead atoms. The minimum absolute atomic E-state index is 0.464. The third kappa shape index (κ3) is 2.63. The van der Waals surface area contributed by atoms with Crippen LogP contribution in [0.5, 0.6) is 5.75 Å². The average molecular weight is 233 g/mol. The number of rotatable bonds is 3. The third-order valence-electron chi connectivity index (χ3n) is 3.65. The normalized spacial score (nSPS) is 24.0. The van der Waals surface area contributed by atoms with Gasteiger partial charge in [-0.2, -0.15) is 0 Å². The van der Waals surface area contributed by atoms with Gasteiger partial charge in [0.05, 0.1) is 6.61 Å². The first-order valence-electron chi connectivity index (χ1n) is 6.59. The van der Waals surface area contributed by atoms with Crippen molar-refractivity contribution >= 4 is 0 Å². The second-order valence-corrected chi connectivity index (χ2v) is 5.21. The lowest BCUT2D eigenvalue weighted by molar-refractivity contribution is 0.332. The molecule has 2 atom stereocenters. The zero-order valence-corrected chi connectivity index (χ0v) is 11.3. The Bertz CT molecular complexity index is 400. The molecule has 0 unspecified atom stereocenters. The van der Waals surface area contributed by atoms with Crippen molar-refractivity contribution in [2.24, 2.45) is 5.92 Å². The second kappa shape index (κ2) is 5.09. The first kappa shape index (κ1) is 12.4. The van der Waals surface area contributed by atoms with E-state index in [9.17, 15) is 0 Å². The van der Waals surface area contributed by atoms with Crippen molar-refractivity contribution < 1.29 is 4.74 Å². The molecule has 0 amide bonds. The molecule has 0 saturated carbocycles. The van der Waals surface area contributed by atoms with Crippen molar-refractivity contribution in [2.75, 3.05) is 13.2 Å². The van der Waals surface area contributed by atoms with E-state index in [1.165, 1.54) is 23.1 Å². The Labute approximate surface area is 104 Å². The molecule has 1 aromatic carbocycles. The molecule has 0 radical (unpaired) electrons. The van der Waals surface area contributed by atoms with E-state index in [0.717, 1.165) is 24.8 Å². The van der Waals surface area contributed by atoms with Crippen LogP contribution in [0, 0.1) is 19.8 Å². The number of nitrogens with one attached hydrogen (secondary N) is 1. The summed E-state index contributed by atoms with van der Waals surface area (Å²) in [4.78, 5) is 0. The Morgan fingerprint density at radius 2 is 2.00 bits per heavy atom. The van der Waals surface area contributed by atoms with Crippen LogP contribution in [-0.4, -0.2) is 13.2 Å². The van der Waals surface area contributed by atoms with Crippen molar-refractivity contribution in [3.8, 4) is 5.75 Å². The Hall–Kier alpha value is -1.02. The summed E-state index contributed by atoms with van der Waals surface area (Å²) in [7, 11) is 0. The molecular formula is C15H23NO. The number of hydrogen-bond acceptors (Lipinski definition) is 2. The van der Waals surface area contributed by atoms with Gasteiger partial charge in [-0.05, 0) is 56.8 Å². The highest BCUT2D eigenvalue weighted by Crippen LogP contribution is 2.34. The average Bonchev–Trinajstić information content (AvgIpc) is 2.70. The Morgan fingerprint density at radius 3 is 2.59 bits per heavy atom. The van der Waals surface area contributed by atoms with E-state index in [0.29, 0.717) is 6.04 Å². The van der Waals surface area contributed by atoms with Gasteiger partial charge >= 0.3 is 0 Å². The maximum atomic E-state index is 5.78. The first-order chi connectivity index (χ1) is 8.11. The third-order valence-corrected chi connectivity index (χ3v) is 3.65. The molecular weight excluding hydrogens is 210 g/mol. The van der Waals surface area contributed by atoms with E-state index in [1.807, 2.05) is 6.92 Å². The van der Waals surface area contributed by atoms with Gasteiger partial charge in [-0.3, -0.25) is 0 Å². The second-order valence-electron chi connectivity index (χ2n) is 5.21. The molecule has 1 N–H and O–H groups in total. The minimum Gasteiger partial charge on any atom is -0.494 e. The van der Waals surface area contributed by atoms with Crippen molar-refractivity contribution in [1.82, 2.24) is 5.32 Å². The summed E-state index contributed by atoms with van der Waals surface area (Å²) >= 11 is 0. The molecule has 2 heteroatoms. The van der Waals surface area contributed by atoms with E-state index in [2.05, 4.69) is 38.2 Å². The molecule has 1 heterocycles. The van der Waals surface area contributed by atoms with Crippen LogP contribution < -0.4 is 10.1 Å². The molecule has 17 heavy (non-hydrogen) atoms. The lowest BCUT2D eigenvalue weighted by atomic mass is 9.96. The monoisotopic (exact) mass is 233 g/mol. The predicted molar refractivity (Wildman–Crippen MR) is 71.6 cm³/mol. The fourth-order valence-electron chi connectivity index (χ4n) is 2.51. The quantitative estimate of drug-likeness (QED) is 0.864. The molecule has 1 aromatic rings. The Kier molecular flexibility index (Phi) is 3.72. The van der Waals surface area contributed by atoms with Gasteiger partial charge in [-0.25, -0.2) is 0 Å². The standard InChI is InChI=1S/C15H23NO/c1-5-17-15-8-12(4)11(3)7-13(15)14-6-10(2)9-16-14/h7-8,10,14,16H,5-6,9H2,1-4H3/t10-,14+/m0/s1. The van der Waals surface area contributed by atoms with Crippen molar-refractivity contribution in [3.63, 3.8) is 0 Å². The summed E-state index contributed by atoms with van der Waals surface area (Å²) in [6, 6.07) is 4.93. The van der Waals surface area contributed by atoms with Gasteiger partial charge in [0, 0.05) is 11.6 Å². The van der Waals surface area contributed by atoms with Crippen molar-refractivity contribution in [2.45, 2.75) is 40.2 Å². The predicted octanol–water partition coefficient (Wildman–Crippen LogP) is 3.37. The number of benzene rings is 1. The van der Waals surface area contributed by atoms with Crippen LogP contribution in [0.2, 0.25) is 0 Å². The zero-order chi connectivity index (χ0) is 12.4. The molecule has 1 saturated heterocycles. The maximum Gasteiger partial charge on any atom is 0.124 e. The van der Waals surface area contributed by atoms with E-state index >= 15 is 0 Å². The van der Waals surface area contributed by atoms with E-state index < -0.39 is 0 Å². The van der Waals surface area contributed by atoms with Crippen LogP contribution in [0.4, 0.5) is 0 Å². The molecule has 1 fully saturated rings. The van der Waals surface area contributed by atoms with Gasteiger partial charge in [-0.15, -0.1) is 0 Å². The molecule has 1 aliphatic rings. The van der Waals surface area contributed by atoms with E-state index in [1.54, 1.807) is 0 Å². The van der Waals surface area contributed by atoms with Crippen molar-refractivity contribution in [1.29, 1.82) is 0 Å². The molecule has 1 aliphatic heterocycles. The number of ether oxygens (including phenoxy) is 1. The van der Waals surface area contributed by atoms with E-state index in [4.69, 9.17) is 4.74 Å². The maximum absolute atomic E-state index is 5.78. The summed E-state index contributed by atoms with van der Waals surface area (Å²) in [5.74, 6) is 1.82. The van der Waals surface area contributed by atoms with Gasteiger partial charge in [0.15, 0.2) is 0 Å². The van der Waals surface area contributed by atoms with Crippen LogP contribution in [0.15, 0.2) is 12.1 Å². The minimum atomic E-state index is 0.464. The fourth-order valence-corrected chi connectivity index (χ4v) is 2.51. The van der Waals surface area contributed by atoms with Crippen LogP contribution in [0.25, 0.3) is 0 Å². The van der Waals surface area contributed by atoms with Crippen LogP contribution in [0.1, 0.15) is 43.0 Å². The molecule has 2 rings (SSSR count). The van der Waals surface area contributed by atoms with Gasteiger partial charge in [0.1, 0.15) is 5.75 Å². The highest BCUT2D eigenvalue weighted by molar-refractivity contribution is 5.44. The topological polar surface area (TPSA) is 21.3 Å². The van der Waals surface area contributed by atoms with Crippen LogP contribution in [0.3, 0.4) is 0 Å². The molecule has 94 valence electrons. The fraction of sp³-hybridized carbons (Fsp3) is 0.600.